The summed E-state index contributed by atoms with van der Waals surface area (Å²) in [6, 6.07) is 15.0. The van der Waals surface area contributed by atoms with Crippen LogP contribution in [0, 0.1) is 20.8 Å². The van der Waals surface area contributed by atoms with Gasteiger partial charge in [-0.3, -0.25) is 30.2 Å². The van der Waals surface area contributed by atoms with Gasteiger partial charge in [0.25, 0.3) is 11.5 Å². The molecule has 4 aromatic rings. The lowest BCUT2D eigenvalue weighted by Gasteiger charge is -2.11. The van der Waals surface area contributed by atoms with Crippen LogP contribution in [0.5, 0.6) is 0 Å². The number of rotatable bonds is 5. The third-order valence-electron chi connectivity index (χ3n) is 5.50. The van der Waals surface area contributed by atoms with Gasteiger partial charge in [-0.25, -0.2) is 4.98 Å². The van der Waals surface area contributed by atoms with Crippen molar-refractivity contribution in [2.24, 2.45) is 0 Å². The van der Waals surface area contributed by atoms with Crippen molar-refractivity contribution in [2.45, 2.75) is 27.2 Å². The van der Waals surface area contributed by atoms with Crippen molar-refractivity contribution in [3.63, 3.8) is 0 Å². The van der Waals surface area contributed by atoms with Crippen molar-refractivity contribution in [1.82, 2.24) is 30.4 Å². The fraction of sp³-hybridized carbons (Fsp3) is 0.160. The zero-order valence-electron chi connectivity index (χ0n) is 19.0. The van der Waals surface area contributed by atoms with Gasteiger partial charge in [0, 0.05) is 46.3 Å². The Labute approximate surface area is 195 Å². The number of aryl methyl sites for hydroxylation is 2. The SMILES string of the molecule is Cc1nc(-c2cccnc2)[nH]c(=O)c1CC(=O)NNC(=O)c1cc(C)n(-c2ccccc2)c1C. The summed E-state index contributed by atoms with van der Waals surface area (Å²) in [4.78, 5) is 48.8. The zero-order valence-corrected chi connectivity index (χ0v) is 19.0. The van der Waals surface area contributed by atoms with Crippen LogP contribution in [-0.4, -0.2) is 31.3 Å². The van der Waals surface area contributed by atoms with Crippen LogP contribution in [0.3, 0.4) is 0 Å². The first-order valence-electron chi connectivity index (χ1n) is 10.7. The van der Waals surface area contributed by atoms with Crippen molar-refractivity contribution in [2.75, 3.05) is 0 Å². The molecule has 3 heterocycles. The first-order valence-corrected chi connectivity index (χ1v) is 10.7. The molecule has 0 aliphatic carbocycles. The maximum atomic E-state index is 12.7. The standard InChI is InChI=1S/C25H24N6O3/c1-15-12-21(17(3)31(15)19-9-5-4-6-10-19)25(34)30-29-22(32)13-20-16(2)27-23(28-24(20)33)18-8-7-11-26-14-18/h4-12,14H,13H2,1-3H3,(H,29,32)(H,30,34)(H,27,28,33). The van der Waals surface area contributed by atoms with Crippen LogP contribution in [0.1, 0.15) is 33.0 Å². The monoisotopic (exact) mass is 456 g/mol. The maximum Gasteiger partial charge on any atom is 0.271 e. The van der Waals surface area contributed by atoms with E-state index in [-0.39, 0.29) is 12.0 Å². The summed E-state index contributed by atoms with van der Waals surface area (Å²) in [7, 11) is 0. The van der Waals surface area contributed by atoms with Gasteiger partial charge in [0.15, 0.2) is 0 Å². The van der Waals surface area contributed by atoms with Crippen molar-refractivity contribution < 1.29 is 9.59 Å². The molecule has 0 aliphatic heterocycles. The van der Waals surface area contributed by atoms with E-state index in [1.165, 1.54) is 0 Å². The molecule has 34 heavy (non-hydrogen) atoms. The Hall–Kier alpha value is -4.53. The van der Waals surface area contributed by atoms with Crippen molar-refractivity contribution >= 4 is 11.8 Å². The number of benzene rings is 1. The molecule has 4 rings (SSSR count). The van der Waals surface area contributed by atoms with Crippen LogP contribution in [0.2, 0.25) is 0 Å². The Balaban J connectivity index is 1.44. The molecule has 0 atom stereocenters. The molecule has 3 aromatic heterocycles. The van der Waals surface area contributed by atoms with Gasteiger partial charge >= 0.3 is 0 Å². The molecule has 9 nitrogen and oxygen atoms in total. The number of carbonyl (C=O) groups excluding carboxylic acids is 2. The molecule has 0 spiro atoms. The van der Waals surface area contributed by atoms with Crippen molar-refractivity contribution in [1.29, 1.82) is 0 Å². The highest BCUT2D eigenvalue weighted by atomic mass is 16.2. The van der Waals surface area contributed by atoms with Gasteiger partial charge in [0.1, 0.15) is 5.82 Å². The number of nitrogens with zero attached hydrogens (tertiary/aromatic N) is 3. The number of hydrogen-bond acceptors (Lipinski definition) is 5. The van der Waals surface area contributed by atoms with Gasteiger partial charge in [0.05, 0.1) is 12.0 Å². The third-order valence-corrected chi connectivity index (χ3v) is 5.50. The minimum Gasteiger partial charge on any atom is -0.318 e. The predicted molar refractivity (Wildman–Crippen MR) is 127 cm³/mol. The number of aromatic amines is 1. The van der Waals surface area contributed by atoms with Crippen molar-refractivity contribution in [3.05, 3.63) is 99.5 Å². The minimum atomic E-state index is -0.533. The number of hydrogen-bond donors (Lipinski definition) is 3. The molecule has 0 saturated heterocycles. The quantitative estimate of drug-likeness (QED) is 0.399. The van der Waals surface area contributed by atoms with Crippen LogP contribution in [0.25, 0.3) is 17.1 Å². The van der Waals surface area contributed by atoms with E-state index in [1.54, 1.807) is 37.5 Å². The van der Waals surface area contributed by atoms with Crippen LogP contribution in [0.4, 0.5) is 0 Å². The molecular formula is C25H24N6O3. The molecule has 0 aliphatic rings. The largest absolute Gasteiger partial charge is 0.318 e. The van der Waals surface area contributed by atoms with Gasteiger partial charge in [-0.1, -0.05) is 18.2 Å². The number of H-pyrrole nitrogens is 1. The third kappa shape index (κ3) is 4.63. The van der Waals surface area contributed by atoms with Gasteiger partial charge in [-0.2, -0.15) is 0 Å². The number of aromatic nitrogens is 4. The number of para-hydroxylation sites is 1. The molecule has 9 heteroatoms. The summed E-state index contributed by atoms with van der Waals surface area (Å²) in [5, 5.41) is 0. The molecule has 3 N–H and O–H groups in total. The first kappa shape index (κ1) is 22.7. The lowest BCUT2D eigenvalue weighted by atomic mass is 10.1. The van der Waals surface area contributed by atoms with Gasteiger partial charge < -0.3 is 9.55 Å². The summed E-state index contributed by atoms with van der Waals surface area (Å²) in [6.45, 7) is 5.41. The van der Waals surface area contributed by atoms with E-state index in [1.807, 2.05) is 48.7 Å². The molecule has 0 saturated carbocycles. The fourth-order valence-corrected chi connectivity index (χ4v) is 3.82. The second kappa shape index (κ2) is 9.53. The highest BCUT2D eigenvalue weighted by Crippen LogP contribution is 2.20. The van der Waals surface area contributed by atoms with E-state index < -0.39 is 17.4 Å². The smallest absolute Gasteiger partial charge is 0.271 e. The summed E-state index contributed by atoms with van der Waals surface area (Å²) in [6.07, 6.45) is 2.99. The van der Waals surface area contributed by atoms with E-state index in [2.05, 4.69) is 25.8 Å². The Morgan fingerprint density at radius 1 is 1.03 bits per heavy atom. The number of hydrazine groups is 1. The number of carbonyl (C=O) groups is 2. The zero-order chi connectivity index (χ0) is 24.2. The molecule has 0 radical (unpaired) electrons. The molecule has 1 aromatic carbocycles. The Kier molecular flexibility index (Phi) is 6.35. The Bertz CT molecular complexity index is 1410. The lowest BCUT2D eigenvalue weighted by Crippen LogP contribution is -2.43. The van der Waals surface area contributed by atoms with E-state index >= 15 is 0 Å². The maximum absolute atomic E-state index is 12.7. The van der Waals surface area contributed by atoms with Crippen molar-refractivity contribution in [3.8, 4) is 17.1 Å². The van der Waals surface area contributed by atoms with Gasteiger partial charge in [-0.05, 0) is 51.1 Å². The predicted octanol–water partition coefficient (Wildman–Crippen LogP) is 2.55. The minimum absolute atomic E-state index is 0.224. The van der Waals surface area contributed by atoms with Gasteiger partial charge in [-0.15, -0.1) is 0 Å². The van der Waals surface area contributed by atoms with Crippen LogP contribution in [-0.2, 0) is 11.2 Å². The highest BCUT2D eigenvalue weighted by molar-refractivity contribution is 5.97. The number of amides is 2. The number of pyridine rings is 1. The number of nitrogens with one attached hydrogen (secondary N) is 3. The summed E-state index contributed by atoms with van der Waals surface area (Å²) in [5.74, 6) is -0.601. The second-order valence-corrected chi connectivity index (χ2v) is 7.86. The van der Waals surface area contributed by atoms with Crippen LogP contribution in [0.15, 0.2) is 65.7 Å². The average Bonchev–Trinajstić information content (AvgIpc) is 3.14. The van der Waals surface area contributed by atoms with Crippen LogP contribution < -0.4 is 16.4 Å². The molecule has 0 unspecified atom stereocenters. The Morgan fingerprint density at radius 3 is 2.47 bits per heavy atom. The highest BCUT2D eigenvalue weighted by Gasteiger charge is 2.18. The second-order valence-electron chi connectivity index (χ2n) is 7.86. The average molecular weight is 457 g/mol. The summed E-state index contributed by atoms with van der Waals surface area (Å²) < 4.78 is 1.97. The molecule has 0 bridgehead atoms. The van der Waals surface area contributed by atoms with E-state index in [0.717, 1.165) is 17.1 Å². The molecule has 0 fully saturated rings. The molecule has 172 valence electrons. The van der Waals surface area contributed by atoms with Crippen LogP contribution >= 0.6 is 0 Å². The molecule has 2 amide bonds. The first-order chi connectivity index (χ1) is 16.3. The van der Waals surface area contributed by atoms with E-state index in [4.69, 9.17) is 0 Å². The normalized spacial score (nSPS) is 10.7. The van der Waals surface area contributed by atoms with E-state index in [9.17, 15) is 14.4 Å². The molecular weight excluding hydrogens is 432 g/mol. The Morgan fingerprint density at radius 2 is 1.79 bits per heavy atom. The van der Waals surface area contributed by atoms with E-state index in [0.29, 0.717) is 22.6 Å². The lowest BCUT2D eigenvalue weighted by molar-refractivity contribution is -0.121. The fourth-order valence-electron chi connectivity index (χ4n) is 3.82. The van der Waals surface area contributed by atoms with Gasteiger partial charge in [0.2, 0.25) is 5.91 Å². The summed E-state index contributed by atoms with van der Waals surface area (Å²) >= 11 is 0. The summed E-state index contributed by atoms with van der Waals surface area (Å²) in [5.41, 5.74) is 8.75. The topological polar surface area (TPSA) is 122 Å².